The lowest BCUT2D eigenvalue weighted by molar-refractivity contribution is -0.0545. The van der Waals surface area contributed by atoms with Gasteiger partial charge in [0.15, 0.2) is 11.0 Å². The molecule has 0 amide bonds. The zero-order valence-corrected chi connectivity index (χ0v) is 13.3. The van der Waals surface area contributed by atoms with Gasteiger partial charge in [0, 0.05) is 12.3 Å². The van der Waals surface area contributed by atoms with Crippen molar-refractivity contribution in [2.75, 3.05) is 6.61 Å². The molecule has 0 aliphatic carbocycles. The maximum Gasteiger partial charge on any atom is 0.252 e. The summed E-state index contributed by atoms with van der Waals surface area (Å²) < 4.78 is 6.98. The number of hydrogen-bond acceptors (Lipinski definition) is 7. The summed E-state index contributed by atoms with van der Waals surface area (Å²) in [5.74, 6) is 0. The predicted octanol–water partition coefficient (Wildman–Crippen LogP) is -0.469. The van der Waals surface area contributed by atoms with Gasteiger partial charge in [0.1, 0.15) is 18.3 Å². The smallest absolute Gasteiger partial charge is 0.252 e. The Morgan fingerprint density at radius 1 is 1.25 bits per heavy atom. The zero-order valence-electron chi connectivity index (χ0n) is 12.5. The van der Waals surface area contributed by atoms with Crippen LogP contribution < -0.4 is 10.9 Å². The van der Waals surface area contributed by atoms with Crippen LogP contribution in [0.25, 0.3) is 5.70 Å². The highest BCUT2D eigenvalue weighted by Crippen LogP contribution is 2.31. The Balaban J connectivity index is 2.13. The Morgan fingerprint density at radius 3 is 2.75 bits per heavy atom. The van der Waals surface area contributed by atoms with E-state index in [-0.39, 0.29) is 4.77 Å². The van der Waals surface area contributed by atoms with E-state index in [2.05, 4.69) is 10.3 Å². The van der Waals surface area contributed by atoms with Crippen LogP contribution in [0.1, 0.15) is 11.9 Å². The van der Waals surface area contributed by atoms with Gasteiger partial charge in [-0.05, 0) is 24.4 Å². The summed E-state index contributed by atoms with van der Waals surface area (Å²) in [5.41, 5.74) is 0.544. The van der Waals surface area contributed by atoms with E-state index in [0.717, 1.165) is 0 Å². The molecule has 1 aromatic rings. The first kappa shape index (κ1) is 16.8. The van der Waals surface area contributed by atoms with Crippen LogP contribution in [0.3, 0.4) is 0 Å². The van der Waals surface area contributed by atoms with E-state index in [9.17, 15) is 20.1 Å². The highest BCUT2D eigenvalue weighted by atomic mass is 32.1. The van der Waals surface area contributed by atoms with Crippen molar-refractivity contribution in [1.29, 1.82) is 0 Å². The van der Waals surface area contributed by atoms with Gasteiger partial charge in [-0.2, -0.15) is 0 Å². The SMILES string of the molecule is O=c1cc(C2=CC=CC=CN2)n([C@@H]2O[C@H](CO)[C@@H](O)[C@H]2O)c(=S)[nH]1. The lowest BCUT2D eigenvalue weighted by Gasteiger charge is -2.23. The van der Waals surface area contributed by atoms with Crippen molar-refractivity contribution in [3.63, 3.8) is 0 Å². The average Bonchev–Trinajstić information content (AvgIpc) is 2.75. The molecule has 1 fully saturated rings. The Labute approximate surface area is 142 Å². The topological polar surface area (TPSA) is 120 Å². The number of ether oxygens (including phenoxy) is 1. The summed E-state index contributed by atoms with van der Waals surface area (Å²) in [4.78, 5) is 14.3. The van der Waals surface area contributed by atoms with Crippen molar-refractivity contribution < 1.29 is 20.1 Å². The van der Waals surface area contributed by atoms with Crippen LogP contribution in [0.15, 0.2) is 41.4 Å². The standard InChI is InChI=1S/C15H17N3O5S/c19-7-10-12(21)13(22)14(23-10)18-9(6-11(20)17-15(18)24)8-4-2-1-3-5-16-8/h1-6,10,12-14,16,19,21-22H,7H2,(H,17,20,24)/t10-,12-,13-,14-/m1/s1. The number of nitrogens with one attached hydrogen (secondary N) is 2. The lowest BCUT2D eigenvalue weighted by atomic mass is 10.1. The zero-order chi connectivity index (χ0) is 17.3. The van der Waals surface area contributed by atoms with E-state index in [1.165, 1.54) is 10.6 Å². The number of aromatic nitrogens is 2. The van der Waals surface area contributed by atoms with Crippen LogP contribution in [0, 0.1) is 4.77 Å². The van der Waals surface area contributed by atoms with Crippen molar-refractivity contribution in [2.45, 2.75) is 24.5 Å². The number of aromatic amines is 1. The minimum Gasteiger partial charge on any atom is -0.394 e. The number of rotatable bonds is 3. The third-order valence-corrected chi connectivity index (χ3v) is 4.14. The highest BCUT2D eigenvalue weighted by molar-refractivity contribution is 7.71. The Bertz CT molecular complexity index is 825. The van der Waals surface area contributed by atoms with Crippen LogP contribution in [0.2, 0.25) is 0 Å². The molecule has 0 bridgehead atoms. The van der Waals surface area contributed by atoms with Crippen molar-refractivity contribution in [2.24, 2.45) is 0 Å². The summed E-state index contributed by atoms with van der Waals surface area (Å²) in [7, 11) is 0. The van der Waals surface area contributed by atoms with Crippen molar-refractivity contribution in [1.82, 2.24) is 14.9 Å². The van der Waals surface area contributed by atoms with Gasteiger partial charge in [-0.3, -0.25) is 14.3 Å². The third-order valence-electron chi connectivity index (χ3n) is 3.84. The van der Waals surface area contributed by atoms with E-state index in [0.29, 0.717) is 11.4 Å². The minimum absolute atomic E-state index is 0.0345. The molecule has 4 atom stereocenters. The quantitative estimate of drug-likeness (QED) is 0.467. The second-order valence-corrected chi connectivity index (χ2v) is 5.78. The van der Waals surface area contributed by atoms with E-state index >= 15 is 0 Å². The van der Waals surface area contributed by atoms with Crippen molar-refractivity contribution >= 4 is 17.9 Å². The lowest BCUT2D eigenvalue weighted by Crippen LogP contribution is -2.34. The van der Waals surface area contributed by atoms with E-state index in [1.807, 2.05) is 0 Å². The first-order valence-corrected chi connectivity index (χ1v) is 7.72. The third kappa shape index (κ3) is 2.99. The molecule has 128 valence electrons. The van der Waals surface area contributed by atoms with Crippen LogP contribution in [-0.2, 0) is 4.74 Å². The molecular formula is C15H17N3O5S. The van der Waals surface area contributed by atoms with Crippen LogP contribution in [-0.4, -0.2) is 49.8 Å². The first-order chi connectivity index (χ1) is 11.5. The van der Waals surface area contributed by atoms with E-state index in [1.54, 1.807) is 30.5 Å². The van der Waals surface area contributed by atoms with E-state index < -0.39 is 36.7 Å². The number of hydrogen-bond donors (Lipinski definition) is 5. The fraction of sp³-hybridized carbons (Fsp3) is 0.333. The van der Waals surface area contributed by atoms with E-state index in [4.69, 9.17) is 17.0 Å². The van der Waals surface area contributed by atoms with Gasteiger partial charge in [0.05, 0.1) is 18.0 Å². The molecule has 0 aromatic carbocycles. The van der Waals surface area contributed by atoms with Crippen LogP contribution >= 0.6 is 12.2 Å². The summed E-state index contributed by atoms with van der Waals surface area (Å²) in [6, 6.07) is 1.32. The fourth-order valence-electron chi connectivity index (χ4n) is 2.68. The molecule has 9 heteroatoms. The van der Waals surface area contributed by atoms with Gasteiger partial charge < -0.3 is 25.4 Å². The van der Waals surface area contributed by atoms with Gasteiger partial charge in [0.2, 0.25) is 0 Å². The molecule has 2 aliphatic heterocycles. The summed E-state index contributed by atoms with van der Waals surface area (Å²) >= 11 is 5.21. The molecule has 2 aliphatic rings. The Hall–Kier alpha value is -2.04. The van der Waals surface area contributed by atoms with Crippen LogP contribution in [0.5, 0.6) is 0 Å². The number of aliphatic hydroxyl groups is 3. The van der Waals surface area contributed by atoms with Crippen molar-refractivity contribution in [3.8, 4) is 0 Å². The fourth-order valence-corrected chi connectivity index (χ4v) is 2.98. The molecule has 3 rings (SSSR count). The Kier molecular flexibility index (Phi) is 4.78. The summed E-state index contributed by atoms with van der Waals surface area (Å²) in [5, 5.41) is 32.5. The molecule has 0 spiro atoms. The molecule has 1 aromatic heterocycles. The number of aliphatic hydroxyl groups excluding tert-OH is 3. The predicted molar refractivity (Wildman–Crippen MR) is 88.3 cm³/mol. The molecule has 3 heterocycles. The molecule has 8 nitrogen and oxygen atoms in total. The maximum atomic E-state index is 11.9. The maximum absolute atomic E-state index is 11.9. The molecule has 5 N–H and O–H groups in total. The molecule has 24 heavy (non-hydrogen) atoms. The van der Waals surface area contributed by atoms with Crippen LogP contribution in [0.4, 0.5) is 0 Å². The minimum atomic E-state index is -1.31. The normalized spacial score (nSPS) is 29.2. The first-order valence-electron chi connectivity index (χ1n) is 7.31. The van der Waals surface area contributed by atoms with Gasteiger partial charge in [-0.25, -0.2) is 0 Å². The van der Waals surface area contributed by atoms with Gasteiger partial charge in [-0.1, -0.05) is 12.2 Å². The molecule has 0 saturated carbocycles. The molecular weight excluding hydrogens is 334 g/mol. The monoisotopic (exact) mass is 351 g/mol. The Morgan fingerprint density at radius 2 is 2.04 bits per heavy atom. The molecule has 0 unspecified atom stereocenters. The highest BCUT2D eigenvalue weighted by Gasteiger charge is 2.44. The van der Waals surface area contributed by atoms with Gasteiger partial charge >= 0.3 is 0 Å². The molecule has 0 radical (unpaired) electrons. The van der Waals surface area contributed by atoms with Crippen molar-refractivity contribution in [3.05, 3.63) is 57.4 Å². The number of nitrogens with zero attached hydrogens (tertiary/aromatic N) is 1. The summed E-state index contributed by atoms with van der Waals surface area (Å²) in [6.45, 7) is -0.451. The largest absolute Gasteiger partial charge is 0.394 e. The molecule has 1 saturated heterocycles. The van der Waals surface area contributed by atoms with Gasteiger partial charge in [0.25, 0.3) is 5.56 Å². The van der Waals surface area contributed by atoms with Gasteiger partial charge in [-0.15, -0.1) is 0 Å². The number of allylic oxidation sites excluding steroid dienone is 4. The second-order valence-electron chi connectivity index (χ2n) is 5.39. The average molecular weight is 351 g/mol. The second kappa shape index (κ2) is 6.83. The number of H-pyrrole nitrogens is 1. The summed E-state index contributed by atoms with van der Waals surface area (Å²) in [6.07, 6.45) is 4.22.